The number of likely N-dealkylation sites (tertiary alicyclic amines) is 1. The summed E-state index contributed by atoms with van der Waals surface area (Å²) < 4.78 is 0. The largest absolute Gasteiger partial charge is 0.481 e. The number of rotatable bonds is 1. The number of hydrogen-bond acceptors (Lipinski definition) is 2. The van der Waals surface area contributed by atoms with Crippen molar-refractivity contribution in [1.29, 1.82) is 0 Å². The van der Waals surface area contributed by atoms with Crippen molar-refractivity contribution >= 4 is 11.9 Å². The average molecular weight is 157 g/mol. The van der Waals surface area contributed by atoms with Crippen molar-refractivity contribution in [1.82, 2.24) is 4.90 Å². The lowest BCUT2D eigenvalue weighted by Crippen LogP contribution is -2.39. The van der Waals surface area contributed by atoms with Gasteiger partial charge in [0.05, 0.1) is 5.92 Å². The van der Waals surface area contributed by atoms with Gasteiger partial charge < -0.3 is 10.0 Å². The van der Waals surface area contributed by atoms with Gasteiger partial charge in [0.1, 0.15) is 0 Å². The zero-order chi connectivity index (χ0) is 8.43. The van der Waals surface area contributed by atoms with Gasteiger partial charge in [0.25, 0.3) is 0 Å². The van der Waals surface area contributed by atoms with Crippen molar-refractivity contribution in [2.45, 2.75) is 12.8 Å². The van der Waals surface area contributed by atoms with E-state index in [4.69, 9.17) is 5.11 Å². The summed E-state index contributed by atoms with van der Waals surface area (Å²) in [6, 6.07) is 0. The standard InChI is InChI=1S/C7H11NO3/c1-8-4-5(7(10)11)2-3-6(8)9/h5H,2-4H2,1H3,(H,10,11)/t5-/m1/s1. The van der Waals surface area contributed by atoms with Crippen LogP contribution < -0.4 is 0 Å². The molecule has 1 atom stereocenters. The molecule has 1 aliphatic heterocycles. The fourth-order valence-corrected chi connectivity index (χ4v) is 1.21. The predicted molar refractivity (Wildman–Crippen MR) is 38.0 cm³/mol. The number of carbonyl (C=O) groups is 2. The van der Waals surface area contributed by atoms with E-state index in [1.54, 1.807) is 7.05 Å². The number of carbonyl (C=O) groups excluding carboxylic acids is 1. The van der Waals surface area contributed by atoms with Crippen molar-refractivity contribution in [2.24, 2.45) is 5.92 Å². The quantitative estimate of drug-likeness (QED) is 0.580. The Bertz CT molecular complexity index is 190. The molecule has 1 rings (SSSR count). The molecule has 0 aromatic heterocycles. The molecule has 0 saturated carbocycles. The first-order valence-electron chi connectivity index (χ1n) is 3.58. The van der Waals surface area contributed by atoms with Crippen LogP contribution in [0.4, 0.5) is 0 Å². The normalized spacial score (nSPS) is 25.4. The van der Waals surface area contributed by atoms with Crippen LogP contribution in [0.3, 0.4) is 0 Å². The van der Waals surface area contributed by atoms with Gasteiger partial charge in [-0.3, -0.25) is 9.59 Å². The summed E-state index contributed by atoms with van der Waals surface area (Å²) in [6.45, 7) is 0.355. The van der Waals surface area contributed by atoms with E-state index in [9.17, 15) is 9.59 Å². The van der Waals surface area contributed by atoms with Gasteiger partial charge in [-0.05, 0) is 6.42 Å². The second-order valence-electron chi connectivity index (χ2n) is 2.85. The molecule has 0 aromatic rings. The van der Waals surface area contributed by atoms with Gasteiger partial charge in [0, 0.05) is 20.0 Å². The molecule has 0 aliphatic carbocycles. The highest BCUT2D eigenvalue weighted by Gasteiger charge is 2.27. The van der Waals surface area contributed by atoms with Gasteiger partial charge in [-0.1, -0.05) is 0 Å². The van der Waals surface area contributed by atoms with E-state index in [0.717, 1.165) is 0 Å². The van der Waals surface area contributed by atoms with E-state index in [1.807, 2.05) is 0 Å². The van der Waals surface area contributed by atoms with Crippen LogP contribution in [0.25, 0.3) is 0 Å². The Labute approximate surface area is 64.8 Å². The number of hydrogen-bond donors (Lipinski definition) is 1. The van der Waals surface area contributed by atoms with Gasteiger partial charge in [0.2, 0.25) is 5.91 Å². The van der Waals surface area contributed by atoms with Crippen LogP contribution in [0.15, 0.2) is 0 Å². The lowest BCUT2D eigenvalue weighted by molar-refractivity contribution is -0.146. The molecule has 1 saturated heterocycles. The van der Waals surface area contributed by atoms with Gasteiger partial charge in [-0.15, -0.1) is 0 Å². The Morgan fingerprint density at radius 3 is 2.82 bits per heavy atom. The maximum atomic E-state index is 10.9. The number of aliphatic carboxylic acids is 1. The van der Waals surface area contributed by atoms with Gasteiger partial charge in [-0.2, -0.15) is 0 Å². The first-order valence-corrected chi connectivity index (χ1v) is 3.58. The summed E-state index contributed by atoms with van der Waals surface area (Å²) in [7, 11) is 1.64. The molecule has 0 unspecified atom stereocenters. The first kappa shape index (κ1) is 8.04. The molecule has 0 bridgehead atoms. The van der Waals surface area contributed by atoms with Crippen molar-refractivity contribution in [3.05, 3.63) is 0 Å². The molecule has 4 heteroatoms. The van der Waals surface area contributed by atoms with Crippen LogP contribution in [-0.4, -0.2) is 35.5 Å². The highest BCUT2D eigenvalue weighted by molar-refractivity contribution is 5.80. The molecule has 0 radical (unpaired) electrons. The van der Waals surface area contributed by atoms with Crippen molar-refractivity contribution in [3.8, 4) is 0 Å². The Hall–Kier alpha value is -1.06. The van der Waals surface area contributed by atoms with E-state index in [0.29, 0.717) is 19.4 Å². The third kappa shape index (κ3) is 1.69. The maximum absolute atomic E-state index is 10.9. The third-order valence-electron chi connectivity index (χ3n) is 1.98. The molecule has 1 fully saturated rings. The summed E-state index contributed by atoms with van der Waals surface area (Å²) in [5, 5.41) is 8.60. The van der Waals surface area contributed by atoms with E-state index >= 15 is 0 Å². The van der Waals surface area contributed by atoms with Crippen molar-refractivity contribution < 1.29 is 14.7 Å². The molecule has 4 nitrogen and oxygen atoms in total. The molecule has 1 amide bonds. The summed E-state index contributed by atoms with van der Waals surface area (Å²) in [4.78, 5) is 22.8. The predicted octanol–water partition coefficient (Wildman–Crippen LogP) is -0.0606. The number of amides is 1. The van der Waals surface area contributed by atoms with Crippen LogP contribution in [0.1, 0.15) is 12.8 Å². The maximum Gasteiger partial charge on any atom is 0.308 e. The van der Waals surface area contributed by atoms with Crippen LogP contribution in [0.5, 0.6) is 0 Å². The van der Waals surface area contributed by atoms with Crippen LogP contribution >= 0.6 is 0 Å². The zero-order valence-electron chi connectivity index (χ0n) is 6.41. The Kier molecular flexibility index (Phi) is 2.12. The lowest BCUT2D eigenvalue weighted by atomic mass is 9.98. The zero-order valence-corrected chi connectivity index (χ0v) is 6.41. The van der Waals surface area contributed by atoms with Gasteiger partial charge in [-0.25, -0.2) is 0 Å². The topological polar surface area (TPSA) is 57.6 Å². The summed E-state index contributed by atoms with van der Waals surface area (Å²) in [6.07, 6.45) is 0.853. The van der Waals surface area contributed by atoms with E-state index in [1.165, 1.54) is 4.90 Å². The molecular formula is C7H11NO3. The molecule has 1 heterocycles. The van der Waals surface area contributed by atoms with Crippen molar-refractivity contribution in [2.75, 3.05) is 13.6 Å². The summed E-state index contributed by atoms with van der Waals surface area (Å²) >= 11 is 0. The fourth-order valence-electron chi connectivity index (χ4n) is 1.21. The Morgan fingerprint density at radius 1 is 1.73 bits per heavy atom. The number of piperidine rings is 1. The molecule has 11 heavy (non-hydrogen) atoms. The Balaban J connectivity index is 2.52. The van der Waals surface area contributed by atoms with Crippen LogP contribution in [0, 0.1) is 5.92 Å². The monoisotopic (exact) mass is 157 g/mol. The number of nitrogens with zero attached hydrogens (tertiary/aromatic N) is 1. The number of carboxylic acid groups (broad SMARTS) is 1. The number of carboxylic acids is 1. The van der Waals surface area contributed by atoms with Crippen molar-refractivity contribution in [3.63, 3.8) is 0 Å². The fraction of sp³-hybridized carbons (Fsp3) is 0.714. The minimum absolute atomic E-state index is 0.0440. The Morgan fingerprint density at radius 2 is 2.36 bits per heavy atom. The summed E-state index contributed by atoms with van der Waals surface area (Å²) in [5.74, 6) is -1.12. The molecular weight excluding hydrogens is 146 g/mol. The second kappa shape index (κ2) is 2.90. The second-order valence-corrected chi connectivity index (χ2v) is 2.85. The first-order chi connectivity index (χ1) is 5.11. The minimum Gasteiger partial charge on any atom is -0.481 e. The SMILES string of the molecule is CN1C[C@H](C(=O)O)CCC1=O. The van der Waals surface area contributed by atoms with Gasteiger partial charge >= 0.3 is 5.97 Å². The van der Waals surface area contributed by atoms with E-state index in [2.05, 4.69) is 0 Å². The summed E-state index contributed by atoms with van der Waals surface area (Å²) in [5.41, 5.74) is 0. The van der Waals surface area contributed by atoms with Gasteiger partial charge in [0.15, 0.2) is 0 Å². The van der Waals surface area contributed by atoms with E-state index < -0.39 is 5.97 Å². The molecule has 0 aromatic carbocycles. The third-order valence-corrected chi connectivity index (χ3v) is 1.98. The lowest BCUT2D eigenvalue weighted by Gasteiger charge is -2.26. The molecule has 1 N–H and O–H groups in total. The van der Waals surface area contributed by atoms with Crippen LogP contribution in [0.2, 0.25) is 0 Å². The highest BCUT2D eigenvalue weighted by atomic mass is 16.4. The molecule has 1 aliphatic rings. The molecule has 0 spiro atoms. The molecule has 62 valence electrons. The van der Waals surface area contributed by atoms with E-state index in [-0.39, 0.29) is 11.8 Å². The minimum atomic E-state index is -0.802. The smallest absolute Gasteiger partial charge is 0.308 e. The highest BCUT2D eigenvalue weighted by Crippen LogP contribution is 2.15. The van der Waals surface area contributed by atoms with Crippen LogP contribution in [-0.2, 0) is 9.59 Å². The average Bonchev–Trinajstić information content (AvgIpc) is 1.94.